The van der Waals surface area contributed by atoms with Crippen LogP contribution in [0.5, 0.6) is 5.75 Å². The highest BCUT2D eigenvalue weighted by atomic mass is 32.1. The van der Waals surface area contributed by atoms with Crippen molar-refractivity contribution < 1.29 is 18.3 Å². The van der Waals surface area contributed by atoms with E-state index in [1.165, 1.54) is 7.11 Å². The number of thiol groups is 1. The van der Waals surface area contributed by atoms with Gasteiger partial charge in [-0.1, -0.05) is 0 Å². The SMILES string of the molecule is COc1cc(F)c(N2CC(S)CC2=O)c(F)c1. The average molecular weight is 259 g/mol. The van der Waals surface area contributed by atoms with Crippen molar-refractivity contribution in [3.8, 4) is 5.75 Å². The van der Waals surface area contributed by atoms with Crippen molar-refractivity contribution in [1.29, 1.82) is 0 Å². The number of methoxy groups -OCH3 is 1. The van der Waals surface area contributed by atoms with E-state index in [2.05, 4.69) is 12.6 Å². The van der Waals surface area contributed by atoms with Gasteiger partial charge in [0, 0.05) is 30.3 Å². The summed E-state index contributed by atoms with van der Waals surface area (Å²) in [5, 5.41) is -0.191. The van der Waals surface area contributed by atoms with Crippen LogP contribution in [0.2, 0.25) is 0 Å². The van der Waals surface area contributed by atoms with Gasteiger partial charge >= 0.3 is 0 Å². The Morgan fingerprint density at radius 2 is 2.00 bits per heavy atom. The molecule has 0 bridgehead atoms. The fraction of sp³-hybridized carbons (Fsp3) is 0.364. The van der Waals surface area contributed by atoms with Crippen LogP contribution in [0.15, 0.2) is 12.1 Å². The number of hydrogen-bond acceptors (Lipinski definition) is 3. The summed E-state index contributed by atoms with van der Waals surface area (Å²) in [5.41, 5.74) is -0.327. The summed E-state index contributed by atoms with van der Waals surface area (Å²) in [7, 11) is 1.32. The van der Waals surface area contributed by atoms with Gasteiger partial charge in [0.25, 0.3) is 0 Å². The highest BCUT2D eigenvalue weighted by Gasteiger charge is 2.32. The molecule has 1 aromatic rings. The fourth-order valence-corrected chi connectivity index (χ4v) is 2.14. The third kappa shape index (κ3) is 2.22. The van der Waals surface area contributed by atoms with Gasteiger partial charge in [0.1, 0.15) is 11.4 Å². The molecule has 1 aliphatic rings. The molecule has 2 rings (SSSR count). The quantitative estimate of drug-likeness (QED) is 0.823. The molecule has 0 N–H and O–H groups in total. The summed E-state index contributed by atoms with van der Waals surface area (Å²) in [6.45, 7) is 0.210. The van der Waals surface area contributed by atoms with Crippen LogP contribution in [0.3, 0.4) is 0 Å². The van der Waals surface area contributed by atoms with Crippen molar-refractivity contribution in [2.75, 3.05) is 18.6 Å². The van der Waals surface area contributed by atoms with Gasteiger partial charge in [0.2, 0.25) is 5.91 Å². The Kier molecular flexibility index (Phi) is 3.24. The molecule has 1 saturated heterocycles. The fourth-order valence-electron chi connectivity index (χ4n) is 1.82. The third-order valence-electron chi connectivity index (χ3n) is 2.60. The number of nitrogens with zero attached hydrogens (tertiary/aromatic N) is 1. The average Bonchev–Trinajstić information content (AvgIpc) is 2.57. The van der Waals surface area contributed by atoms with Crippen LogP contribution in [0.4, 0.5) is 14.5 Å². The molecule has 0 aromatic heterocycles. The molecule has 17 heavy (non-hydrogen) atoms. The lowest BCUT2D eigenvalue weighted by Gasteiger charge is -2.18. The lowest BCUT2D eigenvalue weighted by Crippen LogP contribution is -2.26. The smallest absolute Gasteiger partial charge is 0.228 e. The Bertz CT molecular complexity index is 444. The number of ether oxygens (including phenoxy) is 1. The van der Waals surface area contributed by atoms with Gasteiger partial charge in [0.15, 0.2) is 11.6 Å². The van der Waals surface area contributed by atoms with E-state index in [0.717, 1.165) is 17.0 Å². The highest BCUT2D eigenvalue weighted by Crippen LogP contribution is 2.31. The van der Waals surface area contributed by atoms with Crippen molar-refractivity contribution in [3.63, 3.8) is 0 Å². The molecular formula is C11H11F2NO2S. The van der Waals surface area contributed by atoms with Gasteiger partial charge in [-0.2, -0.15) is 12.6 Å². The summed E-state index contributed by atoms with van der Waals surface area (Å²) < 4.78 is 32.2. The summed E-state index contributed by atoms with van der Waals surface area (Å²) >= 11 is 4.14. The predicted octanol–water partition coefficient (Wildman–Crippen LogP) is 2.01. The summed E-state index contributed by atoms with van der Waals surface area (Å²) in [4.78, 5) is 12.6. The largest absolute Gasteiger partial charge is 0.497 e. The number of rotatable bonds is 2. The first-order valence-electron chi connectivity index (χ1n) is 5.04. The van der Waals surface area contributed by atoms with Crippen LogP contribution in [-0.4, -0.2) is 24.8 Å². The van der Waals surface area contributed by atoms with Crippen molar-refractivity contribution >= 4 is 24.2 Å². The van der Waals surface area contributed by atoms with Gasteiger partial charge in [0.05, 0.1) is 7.11 Å². The second-order valence-corrected chi connectivity index (χ2v) is 4.53. The molecule has 92 valence electrons. The van der Waals surface area contributed by atoms with Gasteiger partial charge < -0.3 is 9.64 Å². The van der Waals surface area contributed by atoms with Gasteiger partial charge in [-0.25, -0.2) is 8.78 Å². The summed E-state index contributed by atoms with van der Waals surface area (Å²) in [6, 6.07) is 2.11. The molecule has 1 aromatic carbocycles. The van der Waals surface area contributed by atoms with Gasteiger partial charge in [-0.05, 0) is 0 Å². The lowest BCUT2D eigenvalue weighted by atomic mass is 10.2. The van der Waals surface area contributed by atoms with Crippen LogP contribution in [0.1, 0.15) is 6.42 Å². The molecule has 3 nitrogen and oxygen atoms in total. The number of benzene rings is 1. The molecule has 6 heteroatoms. The van der Waals surface area contributed by atoms with Gasteiger partial charge in [-0.3, -0.25) is 4.79 Å². The van der Waals surface area contributed by atoms with Crippen LogP contribution in [0, 0.1) is 11.6 Å². The number of amides is 1. The molecule has 1 amide bonds. The van der Waals surface area contributed by atoms with Crippen molar-refractivity contribution in [3.05, 3.63) is 23.8 Å². The number of hydrogen-bond donors (Lipinski definition) is 1. The van der Waals surface area contributed by atoms with Crippen molar-refractivity contribution in [2.45, 2.75) is 11.7 Å². The first-order chi connectivity index (χ1) is 8.02. The lowest BCUT2D eigenvalue weighted by molar-refractivity contribution is -0.117. The monoisotopic (exact) mass is 259 g/mol. The number of carbonyl (C=O) groups excluding carboxylic acids is 1. The summed E-state index contributed by atoms with van der Waals surface area (Å²) in [5.74, 6) is -1.86. The maximum atomic E-state index is 13.7. The molecule has 1 heterocycles. The Morgan fingerprint density at radius 1 is 1.41 bits per heavy atom. The van der Waals surface area contributed by atoms with E-state index < -0.39 is 11.6 Å². The second-order valence-electron chi connectivity index (χ2n) is 3.80. The van der Waals surface area contributed by atoms with E-state index in [1.807, 2.05) is 0 Å². The summed E-state index contributed by atoms with van der Waals surface area (Å²) in [6.07, 6.45) is 0.189. The van der Waals surface area contributed by atoms with E-state index in [4.69, 9.17) is 4.74 Å². The Balaban J connectivity index is 2.42. The van der Waals surface area contributed by atoms with E-state index in [9.17, 15) is 13.6 Å². The second kappa shape index (κ2) is 4.52. The first kappa shape index (κ1) is 12.2. The molecule has 1 unspecified atom stereocenters. The van der Waals surface area contributed by atoms with Crippen molar-refractivity contribution in [1.82, 2.24) is 0 Å². The number of carbonyl (C=O) groups is 1. The topological polar surface area (TPSA) is 29.5 Å². The van der Waals surface area contributed by atoms with E-state index in [1.54, 1.807) is 0 Å². The minimum Gasteiger partial charge on any atom is -0.497 e. The maximum absolute atomic E-state index is 13.7. The molecule has 1 fully saturated rings. The number of anilines is 1. The van der Waals surface area contributed by atoms with E-state index >= 15 is 0 Å². The minimum atomic E-state index is -0.808. The van der Waals surface area contributed by atoms with Crippen LogP contribution in [0.25, 0.3) is 0 Å². The molecule has 1 atom stereocenters. The highest BCUT2D eigenvalue weighted by molar-refractivity contribution is 7.81. The molecule has 0 aliphatic carbocycles. The Hall–Kier alpha value is -1.30. The molecule has 0 spiro atoms. The van der Waals surface area contributed by atoms with E-state index in [-0.39, 0.29) is 35.6 Å². The number of halogens is 2. The van der Waals surface area contributed by atoms with Gasteiger partial charge in [-0.15, -0.1) is 0 Å². The molecular weight excluding hydrogens is 248 g/mol. The maximum Gasteiger partial charge on any atom is 0.228 e. The Morgan fingerprint density at radius 3 is 2.41 bits per heavy atom. The normalized spacial score (nSPS) is 19.9. The van der Waals surface area contributed by atoms with Crippen LogP contribution >= 0.6 is 12.6 Å². The van der Waals surface area contributed by atoms with E-state index in [0.29, 0.717) is 0 Å². The molecule has 0 radical (unpaired) electrons. The zero-order valence-electron chi connectivity index (χ0n) is 9.11. The zero-order valence-corrected chi connectivity index (χ0v) is 10.0. The predicted molar refractivity (Wildman–Crippen MR) is 62.7 cm³/mol. The van der Waals surface area contributed by atoms with Crippen LogP contribution in [-0.2, 0) is 4.79 Å². The minimum absolute atomic E-state index is 0.0813. The molecule has 0 saturated carbocycles. The first-order valence-corrected chi connectivity index (χ1v) is 5.56. The molecule has 1 aliphatic heterocycles. The Labute approximate surface area is 103 Å². The van der Waals surface area contributed by atoms with Crippen LogP contribution < -0.4 is 9.64 Å². The zero-order chi connectivity index (χ0) is 12.6. The van der Waals surface area contributed by atoms with Crippen molar-refractivity contribution in [2.24, 2.45) is 0 Å². The standard InChI is InChI=1S/C11H11F2NO2S/c1-16-6-2-8(12)11(9(13)3-6)14-5-7(17)4-10(14)15/h2-3,7,17H,4-5H2,1H3. The third-order valence-corrected chi connectivity index (χ3v) is 2.95.